The van der Waals surface area contributed by atoms with E-state index in [0.29, 0.717) is 6.54 Å². The lowest BCUT2D eigenvalue weighted by atomic mass is 9.92. The first-order chi connectivity index (χ1) is 11.5. The molecule has 0 aromatic carbocycles. The molecule has 2 rings (SSSR count). The number of ether oxygens (including phenoxy) is 1. The number of halogens is 1. The molecule has 2 N–H and O–H groups in total. The van der Waals surface area contributed by atoms with Crippen LogP contribution in [0.4, 0.5) is 5.69 Å². The van der Waals surface area contributed by atoms with E-state index < -0.39 is 10.0 Å². The first kappa shape index (κ1) is 19.1. The largest absolute Gasteiger partial charge is 0.384 e. The molecule has 24 heavy (non-hydrogen) atoms. The van der Waals surface area contributed by atoms with Crippen LogP contribution in [0.15, 0.2) is 47.2 Å². The number of pyridine rings is 1. The van der Waals surface area contributed by atoms with Crippen LogP contribution in [-0.2, 0) is 14.8 Å². The third kappa shape index (κ3) is 6.35. The minimum Gasteiger partial charge on any atom is -0.384 e. The van der Waals surface area contributed by atoms with Crippen LogP contribution in [0.25, 0.3) is 0 Å². The molecule has 1 aromatic heterocycles. The Hall–Kier alpha value is -1.22. The fourth-order valence-electron chi connectivity index (χ4n) is 2.39. The lowest BCUT2D eigenvalue weighted by molar-refractivity contribution is 0.217. The van der Waals surface area contributed by atoms with Gasteiger partial charge in [0.1, 0.15) is 0 Å². The van der Waals surface area contributed by atoms with E-state index in [-0.39, 0.29) is 24.3 Å². The zero-order chi connectivity index (χ0) is 17.4. The van der Waals surface area contributed by atoms with Gasteiger partial charge < -0.3 is 10.1 Å². The van der Waals surface area contributed by atoms with Crippen molar-refractivity contribution in [3.63, 3.8) is 0 Å². The van der Waals surface area contributed by atoms with E-state index in [1.807, 2.05) is 18.2 Å². The van der Waals surface area contributed by atoms with E-state index in [1.165, 1.54) is 7.11 Å². The number of sulfonamides is 1. The molecule has 8 heteroatoms. The Morgan fingerprint density at radius 2 is 2.25 bits per heavy atom. The van der Waals surface area contributed by atoms with E-state index in [0.717, 1.165) is 16.6 Å². The SMILES string of the molecule is COCCS(=O)(=O)NCC(Nc1cncc(Br)c1)C1C=CC=CC1. The molecule has 1 aromatic rings. The Morgan fingerprint density at radius 3 is 2.92 bits per heavy atom. The molecule has 1 heterocycles. The van der Waals surface area contributed by atoms with Crippen LogP contribution in [0.2, 0.25) is 0 Å². The molecule has 0 saturated heterocycles. The first-order valence-corrected chi connectivity index (χ1v) is 10.1. The van der Waals surface area contributed by atoms with Crippen molar-refractivity contribution >= 4 is 31.6 Å². The van der Waals surface area contributed by atoms with Crippen molar-refractivity contribution in [1.82, 2.24) is 9.71 Å². The lowest BCUT2D eigenvalue weighted by Gasteiger charge is -2.27. The molecule has 0 bridgehead atoms. The van der Waals surface area contributed by atoms with Crippen LogP contribution in [-0.4, -0.2) is 45.5 Å². The first-order valence-electron chi connectivity index (χ1n) is 7.67. The smallest absolute Gasteiger partial charge is 0.213 e. The number of hydrogen-bond donors (Lipinski definition) is 2. The van der Waals surface area contributed by atoms with Crippen molar-refractivity contribution in [3.05, 3.63) is 47.2 Å². The number of hydrogen-bond acceptors (Lipinski definition) is 5. The second kappa shape index (κ2) is 9.31. The predicted octanol–water partition coefficient (Wildman–Crippen LogP) is 2.32. The maximum atomic E-state index is 12.0. The number of methoxy groups -OCH3 is 1. The second-order valence-electron chi connectivity index (χ2n) is 5.52. The number of allylic oxidation sites excluding steroid dienone is 3. The lowest BCUT2D eigenvalue weighted by Crippen LogP contribution is -2.42. The van der Waals surface area contributed by atoms with E-state index >= 15 is 0 Å². The Labute approximate surface area is 151 Å². The minimum absolute atomic E-state index is 0.0466. The molecule has 132 valence electrons. The number of rotatable bonds is 9. The standard InChI is InChI=1S/C16H22BrN3O3S/c1-23-7-8-24(21,22)19-12-16(13-5-3-2-4-6-13)20-15-9-14(17)10-18-11-15/h2-5,9-11,13,16,19-20H,6-8,12H2,1H3. The average Bonchev–Trinajstić information content (AvgIpc) is 2.58. The normalized spacial score (nSPS) is 18.5. The summed E-state index contributed by atoms with van der Waals surface area (Å²) in [6, 6.07) is 1.83. The number of aromatic nitrogens is 1. The maximum Gasteiger partial charge on any atom is 0.213 e. The Kier molecular flexibility index (Phi) is 7.41. The fraction of sp³-hybridized carbons (Fsp3) is 0.438. The summed E-state index contributed by atoms with van der Waals surface area (Å²) < 4.78 is 32.4. The molecule has 0 fully saturated rings. The van der Waals surface area contributed by atoms with Gasteiger partial charge in [-0.3, -0.25) is 4.98 Å². The predicted molar refractivity (Wildman–Crippen MR) is 99.4 cm³/mol. The molecule has 2 atom stereocenters. The molecule has 6 nitrogen and oxygen atoms in total. The van der Waals surface area contributed by atoms with E-state index in [1.54, 1.807) is 12.4 Å². The van der Waals surface area contributed by atoms with Gasteiger partial charge in [-0.05, 0) is 28.4 Å². The molecule has 0 aliphatic heterocycles. The number of nitrogens with one attached hydrogen (secondary N) is 2. The molecule has 1 aliphatic rings. The van der Waals surface area contributed by atoms with E-state index in [2.05, 4.69) is 43.1 Å². The van der Waals surface area contributed by atoms with Gasteiger partial charge >= 0.3 is 0 Å². The molecule has 1 aliphatic carbocycles. The summed E-state index contributed by atoms with van der Waals surface area (Å²) in [5.74, 6) is 0.147. The van der Waals surface area contributed by atoms with Gasteiger partial charge in [0, 0.05) is 36.3 Å². The maximum absolute atomic E-state index is 12.0. The van der Waals surface area contributed by atoms with Crippen LogP contribution in [0, 0.1) is 5.92 Å². The summed E-state index contributed by atoms with van der Waals surface area (Å²) in [5, 5.41) is 3.38. The summed E-state index contributed by atoms with van der Waals surface area (Å²) in [5.41, 5.74) is 0.841. The van der Waals surface area contributed by atoms with Crippen LogP contribution in [0.1, 0.15) is 6.42 Å². The topological polar surface area (TPSA) is 80.3 Å². The van der Waals surface area contributed by atoms with E-state index in [9.17, 15) is 8.42 Å². The second-order valence-corrected chi connectivity index (χ2v) is 8.36. The third-order valence-electron chi connectivity index (χ3n) is 3.67. The molecule has 0 radical (unpaired) electrons. The highest BCUT2D eigenvalue weighted by molar-refractivity contribution is 9.10. The van der Waals surface area contributed by atoms with Crippen molar-refractivity contribution in [1.29, 1.82) is 0 Å². The van der Waals surface area contributed by atoms with Crippen molar-refractivity contribution < 1.29 is 13.2 Å². The highest BCUT2D eigenvalue weighted by Gasteiger charge is 2.22. The van der Waals surface area contributed by atoms with Crippen molar-refractivity contribution in [2.24, 2.45) is 5.92 Å². The Balaban J connectivity index is 2.05. The van der Waals surface area contributed by atoms with Gasteiger partial charge in [-0.1, -0.05) is 24.3 Å². The summed E-state index contributed by atoms with van der Waals surface area (Å²) in [6.07, 6.45) is 12.4. The van der Waals surface area contributed by atoms with Gasteiger partial charge in [0.05, 0.1) is 24.2 Å². The molecule has 0 spiro atoms. The zero-order valence-corrected chi connectivity index (χ0v) is 15.9. The van der Waals surface area contributed by atoms with Crippen molar-refractivity contribution in [2.75, 3.05) is 31.3 Å². The highest BCUT2D eigenvalue weighted by Crippen LogP contribution is 2.21. The zero-order valence-electron chi connectivity index (χ0n) is 13.5. The number of nitrogens with zero attached hydrogens (tertiary/aromatic N) is 1. The summed E-state index contributed by atoms with van der Waals surface area (Å²) in [7, 11) is -1.87. The molecular weight excluding hydrogens is 394 g/mol. The van der Waals surface area contributed by atoms with Crippen molar-refractivity contribution in [3.8, 4) is 0 Å². The highest BCUT2D eigenvalue weighted by atomic mass is 79.9. The van der Waals surface area contributed by atoms with Gasteiger partial charge in [0.2, 0.25) is 10.0 Å². The van der Waals surface area contributed by atoms with Crippen LogP contribution < -0.4 is 10.0 Å². The monoisotopic (exact) mass is 415 g/mol. The quantitative estimate of drug-likeness (QED) is 0.646. The van der Waals surface area contributed by atoms with Gasteiger partial charge in [-0.2, -0.15) is 0 Å². The Morgan fingerprint density at radius 1 is 1.42 bits per heavy atom. The molecule has 0 amide bonds. The molecule has 2 unspecified atom stereocenters. The fourth-order valence-corrected chi connectivity index (χ4v) is 3.72. The van der Waals surface area contributed by atoms with Gasteiger partial charge in [-0.25, -0.2) is 13.1 Å². The van der Waals surface area contributed by atoms with Crippen LogP contribution in [0.5, 0.6) is 0 Å². The minimum atomic E-state index is -3.36. The average molecular weight is 416 g/mol. The van der Waals surface area contributed by atoms with E-state index in [4.69, 9.17) is 4.74 Å². The van der Waals surface area contributed by atoms with Crippen LogP contribution >= 0.6 is 15.9 Å². The summed E-state index contributed by atoms with van der Waals surface area (Å²) in [4.78, 5) is 4.14. The summed E-state index contributed by atoms with van der Waals surface area (Å²) >= 11 is 3.39. The Bertz CT molecular complexity index is 692. The third-order valence-corrected chi connectivity index (χ3v) is 5.41. The molecule has 0 saturated carbocycles. The molecular formula is C16H22BrN3O3S. The van der Waals surface area contributed by atoms with Gasteiger partial charge in [0.25, 0.3) is 0 Å². The van der Waals surface area contributed by atoms with Crippen molar-refractivity contribution in [2.45, 2.75) is 12.5 Å². The van der Waals surface area contributed by atoms with Gasteiger partial charge in [-0.15, -0.1) is 0 Å². The number of anilines is 1. The van der Waals surface area contributed by atoms with Gasteiger partial charge in [0.15, 0.2) is 0 Å². The van der Waals surface area contributed by atoms with Crippen LogP contribution in [0.3, 0.4) is 0 Å². The summed E-state index contributed by atoms with van der Waals surface area (Å²) in [6.45, 7) is 0.469.